The molecule has 0 aliphatic carbocycles. The van der Waals surface area contributed by atoms with E-state index in [1.807, 2.05) is 6.08 Å². The highest BCUT2D eigenvalue weighted by Gasteiger charge is 1.81. The minimum atomic E-state index is 1.19. The molecule has 48 valence electrons. The molecule has 0 aromatic rings. The Balaban J connectivity index is 2.62. The highest BCUT2D eigenvalue weighted by atomic mass is 13.9. The second kappa shape index (κ2) is 6.74. The fourth-order valence-electron chi connectivity index (χ4n) is 0.715. The van der Waals surface area contributed by atoms with E-state index >= 15 is 0 Å². The van der Waals surface area contributed by atoms with E-state index in [0.29, 0.717) is 0 Å². The van der Waals surface area contributed by atoms with Gasteiger partial charge in [0, 0.05) is 0 Å². The normalized spacial score (nSPS) is 9.12. The molecule has 0 aromatic carbocycles. The van der Waals surface area contributed by atoms with Crippen molar-refractivity contribution in [2.45, 2.75) is 39.0 Å². The van der Waals surface area contributed by atoms with Gasteiger partial charge in [0.05, 0.1) is 0 Å². The van der Waals surface area contributed by atoms with Crippen molar-refractivity contribution >= 4 is 0 Å². The average molecular weight is 112 g/mol. The molecule has 0 saturated carbocycles. The summed E-state index contributed by atoms with van der Waals surface area (Å²) in [6.45, 7) is 5.89. The highest BCUT2D eigenvalue weighted by molar-refractivity contribution is 4.64. The Kier molecular flexibility index (Phi) is 6.52. The van der Waals surface area contributed by atoms with Gasteiger partial charge in [0.2, 0.25) is 0 Å². The van der Waals surface area contributed by atoms with Gasteiger partial charge in [-0.15, -0.1) is 6.58 Å². The van der Waals surface area contributed by atoms with Crippen LogP contribution in [0.4, 0.5) is 0 Å². The number of allylic oxidation sites excluding steroid dienone is 1. The van der Waals surface area contributed by atoms with Gasteiger partial charge in [0.1, 0.15) is 0 Å². The summed E-state index contributed by atoms with van der Waals surface area (Å²) >= 11 is 0. The Labute approximate surface area is 52.6 Å². The molecule has 0 atom stereocenters. The van der Waals surface area contributed by atoms with Gasteiger partial charge in [-0.25, -0.2) is 0 Å². The van der Waals surface area contributed by atoms with E-state index in [1.165, 1.54) is 32.1 Å². The lowest BCUT2D eigenvalue weighted by Gasteiger charge is -1.91. The first-order valence-electron chi connectivity index (χ1n) is 3.52. The number of rotatable bonds is 5. The largest absolute Gasteiger partial charge is 0.103 e. The van der Waals surface area contributed by atoms with Crippen molar-refractivity contribution in [2.24, 2.45) is 0 Å². The van der Waals surface area contributed by atoms with Gasteiger partial charge in [-0.1, -0.05) is 32.3 Å². The van der Waals surface area contributed by atoms with Crippen molar-refractivity contribution in [3.63, 3.8) is 0 Å². The van der Waals surface area contributed by atoms with Gasteiger partial charge in [-0.05, 0) is 12.8 Å². The summed E-state index contributed by atoms with van der Waals surface area (Å²) in [5.41, 5.74) is 0. The minimum Gasteiger partial charge on any atom is -0.103 e. The first kappa shape index (κ1) is 7.74. The average Bonchev–Trinajstić information content (AvgIpc) is 1.81. The van der Waals surface area contributed by atoms with E-state index in [-0.39, 0.29) is 0 Å². The summed E-state index contributed by atoms with van der Waals surface area (Å²) in [4.78, 5) is 0. The maximum Gasteiger partial charge on any atom is -0.0353 e. The molecular weight excluding hydrogens is 96.1 g/mol. The van der Waals surface area contributed by atoms with Gasteiger partial charge < -0.3 is 0 Å². The summed E-state index contributed by atoms with van der Waals surface area (Å²) in [5, 5.41) is 0. The topological polar surface area (TPSA) is 0 Å². The fraction of sp³-hybridized carbons (Fsp3) is 0.750. The van der Waals surface area contributed by atoms with E-state index in [2.05, 4.69) is 13.5 Å². The van der Waals surface area contributed by atoms with Crippen molar-refractivity contribution < 1.29 is 0 Å². The Morgan fingerprint density at radius 3 is 2.50 bits per heavy atom. The molecule has 0 heterocycles. The Morgan fingerprint density at radius 2 is 2.00 bits per heavy atom. The number of hydrogen-bond donors (Lipinski definition) is 0. The SMILES string of the molecule is C=CC[12CH2]CCCC. The lowest BCUT2D eigenvalue weighted by molar-refractivity contribution is 0.675. The van der Waals surface area contributed by atoms with E-state index in [0.717, 1.165) is 0 Å². The third-order valence-electron chi connectivity index (χ3n) is 1.26. The fourth-order valence-corrected chi connectivity index (χ4v) is 0.715. The molecule has 0 saturated heterocycles. The molecule has 0 fully saturated rings. The van der Waals surface area contributed by atoms with Crippen molar-refractivity contribution in [3.05, 3.63) is 12.7 Å². The summed E-state index contributed by atoms with van der Waals surface area (Å²) in [5.74, 6) is 0. The molecule has 0 aliphatic heterocycles. The molecular formula is C8H16. The quantitative estimate of drug-likeness (QED) is 0.378. The molecule has 0 bridgehead atoms. The van der Waals surface area contributed by atoms with Crippen molar-refractivity contribution in [1.29, 1.82) is 0 Å². The second-order valence-corrected chi connectivity index (χ2v) is 2.14. The van der Waals surface area contributed by atoms with Crippen molar-refractivity contribution in [1.82, 2.24) is 0 Å². The van der Waals surface area contributed by atoms with E-state index in [1.54, 1.807) is 0 Å². The maximum absolute atomic E-state index is 3.66. The molecule has 8 heavy (non-hydrogen) atoms. The van der Waals surface area contributed by atoms with Crippen LogP contribution in [0, 0.1) is 0 Å². The summed E-state index contributed by atoms with van der Waals surface area (Å²) in [6, 6.07) is 0. The van der Waals surface area contributed by atoms with Crippen molar-refractivity contribution in [2.75, 3.05) is 0 Å². The van der Waals surface area contributed by atoms with Crippen LogP contribution in [0.15, 0.2) is 12.7 Å². The van der Waals surface area contributed by atoms with Crippen LogP contribution >= 0.6 is 0 Å². The Bertz CT molecular complexity index is 46.0. The molecule has 0 nitrogen and oxygen atoms in total. The van der Waals surface area contributed by atoms with E-state index < -0.39 is 0 Å². The predicted octanol–water partition coefficient (Wildman–Crippen LogP) is 3.14. The first-order valence-corrected chi connectivity index (χ1v) is 3.52. The van der Waals surface area contributed by atoms with Gasteiger partial charge in [-0.3, -0.25) is 0 Å². The van der Waals surface area contributed by atoms with Crippen LogP contribution in [-0.4, -0.2) is 0 Å². The Morgan fingerprint density at radius 1 is 1.25 bits per heavy atom. The zero-order valence-corrected chi connectivity index (χ0v) is 5.82. The second-order valence-electron chi connectivity index (χ2n) is 2.14. The smallest absolute Gasteiger partial charge is 0.0353 e. The van der Waals surface area contributed by atoms with Gasteiger partial charge >= 0.3 is 0 Å². The number of hydrogen-bond acceptors (Lipinski definition) is 0. The molecule has 0 aliphatic rings. The standard InChI is InChI=1S/C8H16/c1-3-5-7-8-6-4-2/h3H,1,4-8H2,2H3/i7+0. The summed E-state index contributed by atoms with van der Waals surface area (Å²) in [7, 11) is 0. The molecule has 0 aromatic heterocycles. The lowest BCUT2D eigenvalue weighted by atomic mass is 10.1. The maximum atomic E-state index is 3.66. The molecule has 0 unspecified atom stereocenters. The zero-order chi connectivity index (χ0) is 6.24. The Hall–Kier alpha value is -0.260. The molecule has 0 radical (unpaired) electrons. The zero-order valence-electron chi connectivity index (χ0n) is 5.82. The van der Waals surface area contributed by atoms with Crippen LogP contribution in [0.5, 0.6) is 0 Å². The lowest BCUT2D eigenvalue weighted by Crippen LogP contribution is -1.71. The molecule has 0 amide bonds. The van der Waals surface area contributed by atoms with Gasteiger partial charge in [-0.2, -0.15) is 0 Å². The van der Waals surface area contributed by atoms with Gasteiger partial charge in [0.25, 0.3) is 0 Å². The first-order chi connectivity index (χ1) is 3.91. The van der Waals surface area contributed by atoms with Crippen LogP contribution in [-0.2, 0) is 0 Å². The molecule has 0 rings (SSSR count). The summed E-state index contributed by atoms with van der Waals surface area (Å²) in [6.07, 6.45) is 8.61. The van der Waals surface area contributed by atoms with E-state index in [4.69, 9.17) is 0 Å². The van der Waals surface area contributed by atoms with E-state index in [9.17, 15) is 0 Å². The van der Waals surface area contributed by atoms with Crippen LogP contribution in [0.3, 0.4) is 0 Å². The van der Waals surface area contributed by atoms with Crippen LogP contribution < -0.4 is 0 Å². The van der Waals surface area contributed by atoms with Gasteiger partial charge in [0.15, 0.2) is 0 Å². The molecule has 0 N–H and O–H groups in total. The monoisotopic (exact) mass is 112 g/mol. The van der Waals surface area contributed by atoms with Crippen molar-refractivity contribution in [3.8, 4) is 0 Å². The van der Waals surface area contributed by atoms with Crippen LogP contribution in [0.1, 0.15) is 39.0 Å². The van der Waals surface area contributed by atoms with Crippen LogP contribution in [0.2, 0.25) is 0 Å². The third-order valence-corrected chi connectivity index (χ3v) is 1.26. The highest BCUT2D eigenvalue weighted by Crippen LogP contribution is 2.01. The predicted molar refractivity (Wildman–Crippen MR) is 39.0 cm³/mol. The molecule has 0 spiro atoms. The summed E-state index contributed by atoms with van der Waals surface area (Å²) < 4.78 is 0. The third kappa shape index (κ3) is 5.74. The number of unbranched alkanes of at least 4 members (excludes halogenated alkanes) is 4. The minimum absolute atomic E-state index is 1.19. The molecule has 0 heteroatoms. The van der Waals surface area contributed by atoms with Crippen LogP contribution in [0.25, 0.3) is 0 Å².